The van der Waals surface area contributed by atoms with Crippen LogP contribution in [-0.4, -0.2) is 0 Å². The SMILES string of the molecule is CC1(C)C2=Cc3ccccc3C2C(C)(C)C2=C1c1cc(Cc3ccccc3)c(Br)cc1C2. The number of allylic oxidation sites excluding steroid dienone is 3. The molecule has 0 heterocycles. The summed E-state index contributed by atoms with van der Waals surface area (Å²) in [5.74, 6) is 0.467. The van der Waals surface area contributed by atoms with Crippen LogP contribution < -0.4 is 0 Å². The van der Waals surface area contributed by atoms with Gasteiger partial charge in [-0.3, -0.25) is 0 Å². The minimum Gasteiger partial charge on any atom is -0.0622 e. The highest BCUT2D eigenvalue weighted by molar-refractivity contribution is 9.10. The molecule has 0 amide bonds. The lowest BCUT2D eigenvalue weighted by Crippen LogP contribution is -2.36. The average Bonchev–Trinajstić information content (AvgIpc) is 3.35. The monoisotopic (exact) mass is 480 g/mol. The van der Waals surface area contributed by atoms with Gasteiger partial charge in [-0.2, -0.15) is 0 Å². The Kier molecular flexibility index (Phi) is 4.31. The molecule has 0 aliphatic heterocycles. The van der Waals surface area contributed by atoms with Crippen molar-refractivity contribution in [2.45, 2.75) is 46.5 Å². The summed E-state index contributed by atoms with van der Waals surface area (Å²) >= 11 is 3.90. The van der Waals surface area contributed by atoms with Crippen LogP contribution in [0.4, 0.5) is 0 Å². The minimum atomic E-state index is 0.0254. The largest absolute Gasteiger partial charge is 0.0622 e. The molecule has 0 N–H and O–H groups in total. The van der Waals surface area contributed by atoms with E-state index in [1.807, 2.05) is 0 Å². The molecule has 0 saturated carbocycles. The van der Waals surface area contributed by atoms with Gasteiger partial charge in [0.25, 0.3) is 0 Å². The number of rotatable bonds is 2. The molecule has 6 rings (SSSR count). The van der Waals surface area contributed by atoms with E-state index in [4.69, 9.17) is 0 Å². The fraction of sp³-hybridized carbons (Fsp3) is 0.290. The van der Waals surface area contributed by atoms with Crippen LogP contribution in [0.2, 0.25) is 0 Å². The molecule has 3 aliphatic rings. The molecule has 160 valence electrons. The fourth-order valence-electron chi connectivity index (χ4n) is 6.66. The van der Waals surface area contributed by atoms with Gasteiger partial charge in [-0.15, -0.1) is 0 Å². The maximum Gasteiger partial charge on any atom is 0.0213 e. The highest BCUT2D eigenvalue weighted by Gasteiger charge is 2.53. The molecule has 0 radical (unpaired) electrons. The van der Waals surface area contributed by atoms with Gasteiger partial charge >= 0.3 is 0 Å². The second kappa shape index (κ2) is 6.81. The van der Waals surface area contributed by atoms with Crippen LogP contribution in [0.3, 0.4) is 0 Å². The van der Waals surface area contributed by atoms with Gasteiger partial charge in [-0.1, -0.05) is 115 Å². The molecule has 1 atom stereocenters. The Labute approximate surface area is 200 Å². The van der Waals surface area contributed by atoms with Crippen molar-refractivity contribution in [2.75, 3.05) is 0 Å². The Morgan fingerprint density at radius 3 is 2.41 bits per heavy atom. The van der Waals surface area contributed by atoms with E-state index in [2.05, 4.69) is 116 Å². The van der Waals surface area contributed by atoms with Crippen molar-refractivity contribution < 1.29 is 0 Å². The zero-order valence-electron chi connectivity index (χ0n) is 19.3. The van der Waals surface area contributed by atoms with Crippen molar-refractivity contribution in [3.8, 4) is 0 Å². The Balaban J connectivity index is 1.52. The number of halogens is 1. The van der Waals surface area contributed by atoms with Gasteiger partial charge in [0.15, 0.2) is 0 Å². The van der Waals surface area contributed by atoms with E-state index in [9.17, 15) is 0 Å². The van der Waals surface area contributed by atoms with E-state index in [-0.39, 0.29) is 10.8 Å². The topological polar surface area (TPSA) is 0 Å². The van der Waals surface area contributed by atoms with Crippen molar-refractivity contribution in [2.24, 2.45) is 10.8 Å². The summed E-state index contributed by atoms with van der Waals surface area (Å²) in [6, 6.07) is 24.7. The Hall–Kier alpha value is -2.38. The molecular formula is C31H29Br. The van der Waals surface area contributed by atoms with E-state index >= 15 is 0 Å². The predicted octanol–water partition coefficient (Wildman–Crippen LogP) is 8.60. The van der Waals surface area contributed by atoms with Crippen LogP contribution in [0.5, 0.6) is 0 Å². The van der Waals surface area contributed by atoms with E-state index < -0.39 is 0 Å². The first-order chi connectivity index (χ1) is 15.3. The Bertz CT molecular complexity index is 1320. The van der Waals surface area contributed by atoms with E-state index in [0.29, 0.717) is 5.92 Å². The summed E-state index contributed by atoms with van der Waals surface area (Å²) in [5.41, 5.74) is 13.5. The molecule has 0 aromatic heterocycles. The maximum absolute atomic E-state index is 3.90. The normalized spacial score (nSPS) is 21.5. The summed E-state index contributed by atoms with van der Waals surface area (Å²) in [4.78, 5) is 0. The number of hydrogen-bond acceptors (Lipinski definition) is 0. The molecule has 3 aromatic carbocycles. The Morgan fingerprint density at radius 2 is 1.62 bits per heavy atom. The van der Waals surface area contributed by atoms with Crippen molar-refractivity contribution in [1.29, 1.82) is 0 Å². The highest BCUT2D eigenvalue weighted by atomic mass is 79.9. The standard InChI is InChI=1S/C31H29Br/c1-30(2)26-17-21-18-27(32)22(14-19-10-6-5-7-11-19)15-24(21)29(26)31(3,4)25-16-20-12-8-9-13-23(20)28(25)30/h5-13,15-16,18,28H,14,17H2,1-4H3. The van der Waals surface area contributed by atoms with E-state index in [1.165, 1.54) is 37.9 Å². The zero-order valence-corrected chi connectivity index (χ0v) is 20.9. The lowest BCUT2D eigenvalue weighted by atomic mass is 9.55. The van der Waals surface area contributed by atoms with Crippen LogP contribution in [0.1, 0.15) is 67.0 Å². The number of fused-ring (bicyclic) bond motifs is 5. The molecule has 0 saturated heterocycles. The minimum absolute atomic E-state index is 0.0254. The van der Waals surface area contributed by atoms with Crippen LogP contribution in [0.25, 0.3) is 11.6 Å². The molecule has 32 heavy (non-hydrogen) atoms. The maximum atomic E-state index is 3.90. The molecule has 1 unspecified atom stereocenters. The lowest BCUT2D eigenvalue weighted by molar-refractivity contribution is 0.328. The van der Waals surface area contributed by atoms with Crippen LogP contribution in [-0.2, 0) is 12.8 Å². The second-order valence-electron chi connectivity index (χ2n) is 10.8. The molecule has 3 aromatic rings. The molecular weight excluding hydrogens is 452 g/mol. The number of hydrogen-bond donors (Lipinski definition) is 0. The predicted molar refractivity (Wildman–Crippen MR) is 139 cm³/mol. The van der Waals surface area contributed by atoms with E-state index in [1.54, 1.807) is 16.7 Å². The van der Waals surface area contributed by atoms with Crippen molar-refractivity contribution in [1.82, 2.24) is 0 Å². The molecule has 3 aliphatic carbocycles. The second-order valence-corrected chi connectivity index (χ2v) is 11.7. The van der Waals surface area contributed by atoms with Gasteiger partial charge in [0.2, 0.25) is 0 Å². The molecule has 0 spiro atoms. The van der Waals surface area contributed by atoms with Gasteiger partial charge in [-0.05, 0) is 69.3 Å². The fourth-order valence-corrected chi connectivity index (χ4v) is 7.19. The smallest absolute Gasteiger partial charge is 0.0213 e. The third-order valence-corrected chi connectivity index (χ3v) is 8.96. The first-order valence-electron chi connectivity index (χ1n) is 11.7. The highest BCUT2D eigenvalue weighted by Crippen LogP contribution is 2.67. The van der Waals surface area contributed by atoms with Crippen LogP contribution >= 0.6 is 15.9 Å². The van der Waals surface area contributed by atoms with E-state index in [0.717, 1.165) is 12.8 Å². The molecule has 0 bridgehead atoms. The van der Waals surface area contributed by atoms with Crippen molar-refractivity contribution >= 4 is 27.6 Å². The summed E-state index contributed by atoms with van der Waals surface area (Å²) in [6.45, 7) is 9.86. The van der Waals surface area contributed by atoms with Gasteiger partial charge in [0, 0.05) is 15.8 Å². The summed E-state index contributed by atoms with van der Waals surface area (Å²) < 4.78 is 1.24. The van der Waals surface area contributed by atoms with Crippen LogP contribution in [0.15, 0.2) is 82.3 Å². The van der Waals surface area contributed by atoms with Crippen molar-refractivity contribution in [3.05, 3.63) is 116 Å². The average molecular weight is 481 g/mol. The summed E-state index contributed by atoms with van der Waals surface area (Å²) in [6.07, 6.45) is 4.52. The quantitative estimate of drug-likeness (QED) is 0.344. The molecule has 0 nitrogen and oxygen atoms in total. The molecule has 0 fully saturated rings. The third kappa shape index (κ3) is 2.73. The van der Waals surface area contributed by atoms with Gasteiger partial charge in [0.1, 0.15) is 0 Å². The van der Waals surface area contributed by atoms with Gasteiger partial charge in [0.05, 0.1) is 0 Å². The van der Waals surface area contributed by atoms with Gasteiger partial charge < -0.3 is 0 Å². The number of benzene rings is 3. The van der Waals surface area contributed by atoms with Gasteiger partial charge in [-0.25, -0.2) is 0 Å². The first kappa shape index (κ1) is 20.2. The van der Waals surface area contributed by atoms with Crippen LogP contribution in [0, 0.1) is 10.8 Å². The lowest BCUT2D eigenvalue weighted by Gasteiger charge is -2.48. The first-order valence-corrected chi connectivity index (χ1v) is 12.5. The third-order valence-electron chi connectivity index (χ3n) is 8.22. The Morgan fingerprint density at radius 1 is 0.906 bits per heavy atom. The zero-order chi connectivity index (χ0) is 22.3. The summed E-state index contributed by atoms with van der Waals surface area (Å²) in [5, 5.41) is 0. The van der Waals surface area contributed by atoms with Crippen molar-refractivity contribution in [3.63, 3.8) is 0 Å². The molecule has 1 heteroatoms. The summed E-state index contributed by atoms with van der Waals surface area (Å²) in [7, 11) is 0.